The number of hydrogen-bond donors (Lipinski definition) is 1. The average molecular weight is 331 g/mol. The van der Waals surface area contributed by atoms with Gasteiger partial charge in [0.25, 0.3) is 0 Å². The van der Waals surface area contributed by atoms with Crippen LogP contribution in [0.25, 0.3) is 0 Å². The lowest BCUT2D eigenvalue weighted by Crippen LogP contribution is -2.47. The lowest BCUT2D eigenvalue weighted by Gasteiger charge is -2.33. The molecule has 5 nitrogen and oxygen atoms in total. The molecule has 0 saturated carbocycles. The van der Waals surface area contributed by atoms with Crippen molar-refractivity contribution >= 4 is 27.5 Å². The Morgan fingerprint density at radius 3 is 2.38 bits per heavy atom. The van der Waals surface area contributed by atoms with Crippen molar-refractivity contribution in [3.63, 3.8) is 0 Å². The molecule has 1 aliphatic heterocycles. The molecule has 2 rings (SSSR count). The number of nitrogens with one attached hydrogen (secondary N) is 1. The molecule has 0 bridgehead atoms. The SMILES string of the molecule is CS(=O)(=O)NC1CCN(C(=O)C(Cl)c2ccccc2)CC1. The van der Waals surface area contributed by atoms with Crippen LogP contribution in [0.5, 0.6) is 0 Å². The molecule has 21 heavy (non-hydrogen) atoms. The Morgan fingerprint density at radius 2 is 1.86 bits per heavy atom. The maximum Gasteiger partial charge on any atom is 0.245 e. The molecule has 0 aliphatic carbocycles. The Kier molecular flexibility index (Phi) is 5.24. The predicted octanol–water partition coefficient (Wildman–Crippen LogP) is 1.51. The van der Waals surface area contributed by atoms with Crippen LogP contribution in [-0.4, -0.2) is 44.6 Å². The van der Waals surface area contributed by atoms with E-state index in [1.807, 2.05) is 30.3 Å². The zero-order chi connectivity index (χ0) is 15.5. The first-order valence-electron chi connectivity index (χ1n) is 6.82. The molecule has 1 fully saturated rings. The number of halogens is 1. The summed E-state index contributed by atoms with van der Waals surface area (Å²) in [5, 5.41) is -0.689. The lowest BCUT2D eigenvalue weighted by molar-refractivity contribution is -0.131. The minimum absolute atomic E-state index is 0.102. The Hall–Kier alpha value is -1.11. The monoisotopic (exact) mass is 330 g/mol. The van der Waals surface area contributed by atoms with E-state index in [0.29, 0.717) is 25.9 Å². The number of sulfonamides is 1. The molecule has 0 spiro atoms. The number of carbonyl (C=O) groups excluding carboxylic acids is 1. The topological polar surface area (TPSA) is 66.5 Å². The number of carbonyl (C=O) groups is 1. The van der Waals surface area contributed by atoms with E-state index in [1.54, 1.807) is 4.90 Å². The fourth-order valence-electron chi connectivity index (χ4n) is 2.45. The van der Waals surface area contributed by atoms with E-state index in [2.05, 4.69) is 4.72 Å². The van der Waals surface area contributed by atoms with Gasteiger partial charge in [-0.15, -0.1) is 11.6 Å². The quantitative estimate of drug-likeness (QED) is 0.851. The number of alkyl halides is 1. The van der Waals surface area contributed by atoms with Gasteiger partial charge in [-0.3, -0.25) is 4.79 Å². The summed E-state index contributed by atoms with van der Waals surface area (Å²) in [6.07, 6.45) is 2.36. The van der Waals surface area contributed by atoms with E-state index in [4.69, 9.17) is 11.6 Å². The van der Waals surface area contributed by atoms with Crippen molar-refractivity contribution in [2.45, 2.75) is 24.3 Å². The number of piperidine rings is 1. The van der Waals surface area contributed by atoms with Gasteiger partial charge >= 0.3 is 0 Å². The highest BCUT2D eigenvalue weighted by Crippen LogP contribution is 2.24. The maximum absolute atomic E-state index is 12.3. The Bertz CT molecular complexity index is 583. The van der Waals surface area contributed by atoms with Crippen molar-refractivity contribution in [3.05, 3.63) is 35.9 Å². The molecule has 1 heterocycles. The van der Waals surface area contributed by atoms with Gasteiger partial charge in [0.1, 0.15) is 5.38 Å². The normalized spacial score (nSPS) is 18.5. The van der Waals surface area contributed by atoms with Crippen molar-refractivity contribution in [1.29, 1.82) is 0 Å². The van der Waals surface area contributed by atoms with E-state index >= 15 is 0 Å². The third-order valence-electron chi connectivity index (χ3n) is 3.50. The Morgan fingerprint density at radius 1 is 1.29 bits per heavy atom. The van der Waals surface area contributed by atoms with Crippen LogP contribution in [0.4, 0.5) is 0 Å². The molecule has 1 amide bonds. The van der Waals surface area contributed by atoms with E-state index in [1.165, 1.54) is 0 Å². The fourth-order valence-corrected chi connectivity index (χ4v) is 3.57. The number of likely N-dealkylation sites (tertiary alicyclic amines) is 1. The van der Waals surface area contributed by atoms with Gasteiger partial charge in [-0.1, -0.05) is 30.3 Å². The molecule has 116 valence electrons. The van der Waals surface area contributed by atoms with Crippen molar-refractivity contribution in [1.82, 2.24) is 9.62 Å². The van der Waals surface area contributed by atoms with Gasteiger partial charge in [0.05, 0.1) is 6.26 Å². The fraction of sp³-hybridized carbons (Fsp3) is 0.500. The first-order chi connectivity index (χ1) is 9.87. The van der Waals surface area contributed by atoms with Crippen LogP contribution in [0.15, 0.2) is 30.3 Å². The van der Waals surface area contributed by atoms with Gasteiger partial charge in [0.2, 0.25) is 15.9 Å². The first-order valence-corrected chi connectivity index (χ1v) is 9.15. The average Bonchev–Trinajstić information content (AvgIpc) is 2.46. The zero-order valence-corrected chi connectivity index (χ0v) is 13.4. The third kappa shape index (κ3) is 4.69. The van der Waals surface area contributed by atoms with Crippen LogP contribution in [0.1, 0.15) is 23.8 Å². The van der Waals surface area contributed by atoms with Crippen LogP contribution >= 0.6 is 11.6 Å². The summed E-state index contributed by atoms with van der Waals surface area (Å²) in [7, 11) is -3.20. The number of nitrogens with zero attached hydrogens (tertiary/aromatic N) is 1. The molecule has 1 unspecified atom stereocenters. The highest BCUT2D eigenvalue weighted by Gasteiger charge is 2.28. The standard InChI is InChI=1S/C14H19ClN2O3S/c1-21(19,20)16-12-7-9-17(10-8-12)14(18)13(15)11-5-3-2-4-6-11/h2-6,12-13,16H,7-10H2,1H3. The first kappa shape index (κ1) is 16.3. The zero-order valence-electron chi connectivity index (χ0n) is 11.8. The molecule has 1 saturated heterocycles. The minimum Gasteiger partial charge on any atom is -0.341 e. The van der Waals surface area contributed by atoms with Crippen LogP contribution in [0, 0.1) is 0 Å². The van der Waals surface area contributed by atoms with E-state index < -0.39 is 15.4 Å². The van der Waals surface area contributed by atoms with Gasteiger partial charge in [-0.25, -0.2) is 13.1 Å². The molecule has 0 radical (unpaired) electrons. The summed E-state index contributed by atoms with van der Waals surface area (Å²) < 4.78 is 25.0. The molecule has 7 heteroatoms. The van der Waals surface area contributed by atoms with Gasteiger partial charge in [0.15, 0.2) is 0 Å². The maximum atomic E-state index is 12.3. The Labute approximate surface area is 130 Å². The number of rotatable bonds is 4. The highest BCUT2D eigenvalue weighted by molar-refractivity contribution is 7.88. The molecular weight excluding hydrogens is 312 g/mol. The largest absolute Gasteiger partial charge is 0.341 e. The van der Waals surface area contributed by atoms with Crippen molar-refractivity contribution < 1.29 is 13.2 Å². The summed E-state index contributed by atoms with van der Waals surface area (Å²) in [5.41, 5.74) is 0.778. The highest BCUT2D eigenvalue weighted by atomic mass is 35.5. The summed E-state index contributed by atoms with van der Waals surface area (Å²) in [6, 6.07) is 9.12. The van der Waals surface area contributed by atoms with Gasteiger partial charge < -0.3 is 4.90 Å². The molecule has 1 aromatic rings. The molecule has 1 aliphatic rings. The lowest BCUT2D eigenvalue weighted by atomic mass is 10.0. The summed E-state index contributed by atoms with van der Waals surface area (Å²) in [4.78, 5) is 14.0. The molecule has 0 aromatic heterocycles. The van der Waals surface area contributed by atoms with Crippen LogP contribution in [-0.2, 0) is 14.8 Å². The second-order valence-corrected chi connectivity index (χ2v) is 7.48. The van der Waals surface area contributed by atoms with Gasteiger partial charge in [0, 0.05) is 19.1 Å². The van der Waals surface area contributed by atoms with Crippen LogP contribution in [0.2, 0.25) is 0 Å². The molecular formula is C14H19ClN2O3S. The molecule has 1 N–H and O–H groups in total. The Balaban J connectivity index is 1.91. The second kappa shape index (κ2) is 6.77. The number of amides is 1. The number of hydrogen-bond acceptors (Lipinski definition) is 3. The molecule has 1 atom stereocenters. The molecule has 1 aromatic carbocycles. The van der Waals surface area contributed by atoms with E-state index in [0.717, 1.165) is 11.8 Å². The number of benzene rings is 1. The van der Waals surface area contributed by atoms with Crippen molar-refractivity contribution in [3.8, 4) is 0 Å². The van der Waals surface area contributed by atoms with Crippen molar-refractivity contribution in [2.24, 2.45) is 0 Å². The van der Waals surface area contributed by atoms with Crippen LogP contribution < -0.4 is 4.72 Å². The van der Waals surface area contributed by atoms with Gasteiger partial charge in [-0.05, 0) is 18.4 Å². The minimum atomic E-state index is -3.20. The van der Waals surface area contributed by atoms with Gasteiger partial charge in [-0.2, -0.15) is 0 Å². The second-order valence-electron chi connectivity index (χ2n) is 5.26. The van der Waals surface area contributed by atoms with E-state index in [9.17, 15) is 13.2 Å². The van der Waals surface area contributed by atoms with Crippen LogP contribution in [0.3, 0.4) is 0 Å². The summed E-state index contributed by atoms with van der Waals surface area (Å²) in [5.74, 6) is -0.124. The summed E-state index contributed by atoms with van der Waals surface area (Å²) in [6.45, 7) is 1.03. The third-order valence-corrected chi connectivity index (χ3v) is 4.70. The summed E-state index contributed by atoms with van der Waals surface area (Å²) >= 11 is 6.23. The van der Waals surface area contributed by atoms with Crippen molar-refractivity contribution in [2.75, 3.05) is 19.3 Å². The van der Waals surface area contributed by atoms with E-state index in [-0.39, 0.29) is 11.9 Å². The predicted molar refractivity (Wildman–Crippen MR) is 82.6 cm³/mol. The smallest absolute Gasteiger partial charge is 0.245 e.